The predicted molar refractivity (Wildman–Crippen MR) is 132 cm³/mol. The van der Waals surface area contributed by atoms with Crippen molar-refractivity contribution in [3.05, 3.63) is 41.9 Å². The Morgan fingerprint density at radius 2 is 2.03 bits per heavy atom. The topological polar surface area (TPSA) is 98.2 Å². The van der Waals surface area contributed by atoms with Crippen LogP contribution in [-0.2, 0) is 14.4 Å². The van der Waals surface area contributed by atoms with Crippen molar-refractivity contribution < 1.29 is 24.6 Å². The van der Waals surface area contributed by atoms with Crippen molar-refractivity contribution in [2.24, 2.45) is 11.8 Å². The molecule has 2 amide bonds. The molecule has 3 aliphatic heterocycles. The van der Waals surface area contributed by atoms with Crippen LogP contribution < -0.4 is 4.90 Å². The number of carbonyl (C=O) groups is 3. The second-order valence-corrected chi connectivity index (χ2v) is 11.8. The molecule has 4 rings (SSSR count). The minimum Gasteiger partial charge on any atom is -0.481 e. The number of amides is 2. The number of carbonyl (C=O) groups excluding carboxylic acids is 2. The van der Waals surface area contributed by atoms with Crippen molar-refractivity contribution in [2.75, 3.05) is 24.6 Å². The predicted octanol–water partition coefficient (Wildman–Crippen LogP) is 3.18. The molecule has 1 spiro atoms. The van der Waals surface area contributed by atoms with E-state index >= 15 is 0 Å². The molecule has 3 fully saturated rings. The molecule has 7 nitrogen and oxygen atoms in total. The molecule has 0 radical (unpaired) electrons. The first-order chi connectivity index (χ1) is 15.8. The fourth-order valence-electron chi connectivity index (χ4n) is 5.55. The first-order valence-corrected chi connectivity index (χ1v) is 13.1. The normalized spacial score (nSPS) is 32.2. The van der Waals surface area contributed by atoms with Crippen LogP contribution in [0, 0.1) is 11.8 Å². The van der Waals surface area contributed by atoms with Crippen molar-refractivity contribution in [3.8, 4) is 0 Å². The van der Waals surface area contributed by atoms with Crippen LogP contribution in [0.2, 0.25) is 5.02 Å². The molecule has 3 unspecified atom stereocenters. The second kappa shape index (κ2) is 9.60. The summed E-state index contributed by atoms with van der Waals surface area (Å²) < 4.78 is -0.818. The summed E-state index contributed by atoms with van der Waals surface area (Å²) >= 11 is 11.1. The fraction of sp³-hybridized carbons (Fsp3) is 0.522. The van der Waals surface area contributed by atoms with Crippen LogP contribution in [0.15, 0.2) is 36.9 Å². The van der Waals surface area contributed by atoms with Crippen molar-refractivity contribution in [3.63, 3.8) is 0 Å². The van der Waals surface area contributed by atoms with Gasteiger partial charge >= 0.3 is 5.97 Å². The lowest BCUT2D eigenvalue weighted by Gasteiger charge is -2.37. The number of nitrogens with zero attached hydrogens (tertiary/aromatic N) is 2. The average molecular weight is 558 g/mol. The number of aliphatic hydroxyl groups excluding tert-OH is 1. The lowest BCUT2D eigenvalue weighted by molar-refractivity contribution is -0.148. The van der Waals surface area contributed by atoms with Gasteiger partial charge in [-0.25, -0.2) is 0 Å². The molecule has 178 valence electrons. The highest BCUT2D eigenvalue weighted by Crippen LogP contribution is 2.67. The van der Waals surface area contributed by atoms with E-state index in [0.29, 0.717) is 36.5 Å². The molecule has 1 aromatic rings. The lowest BCUT2D eigenvalue weighted by atomic mass is 9.71. The number of unbranched alkanes of at least 4 members (excludes halogenated alkanes) is 1. The molecule has 0 aliphatic carbocycles. The van der Waals surface area contributed by atoms with Gasteiger partial charge in [-0.05, 0) is 43.5 Å². The first-order valence-electron chi connectivity index (χ1n) is 10.9. The SMILES string of the molecule is C=CCN(C(=O)C1N(CCCCO)C(=O)[C@@H]2[C@H](C(=O)O)[C@H]3SC12CC3Br)c1ccc(Cl)cc1. The molecule has 2 N–H and O–H groups in total. The van der Waals surface area contributed by atoms with E-state index in [-0.39, 0.29) is 35.0 Å². The number of rotatable bonds is 9. The first kappa shape index (κ1) is 24.6. The van der Waals surface area contributed by atoms with Crippen molar-refractivity contribution in [1.29, 1.82) is 0 Å². The van der Waals surface area contributed by atoms with Gasteiger partial charge in [0.2, 0.25) is 5.91 Å². The summed E-state index contributed by atoms with van der Waals surface area (Å²) in [6.45, 7) is 4.31. The number of likely N-dealkylation sites (tertiary alicyclic amines) is 1. The fourth-order valence-corrected chi connectivity index (χ4v) is 9.27. The third-order valence-corrected chi connectivity index (χ3v) is 10.3. The van der Waals surface area contributed by atoms with E-state index in [2.05, 4.69) is 22.5 Å². The number of fused-ring (bicyclic) bond motifs is 1. The largest absolute Gasteiger partial charge is 0.481 e. The maximum absolute atomic E-state index is 14.1. The van der Waals surface area contributed by atoms with Crippen LogP contribution in [0.5, 0.6) is 0 Å². The third kappa shape index (κ3) is 4.00. The van der Waals surface area contributed by atoms with E-state index < -0.39 is 28.6 Å². The standard InChI is InChI=1S/C23H26BrClN2O5S/c1-2-9-26(14-7-5-13(25)6-8-14)21(30)19-23-12-15(24)18(33-23)16(22(31)32)17(23)20(29)27(19)10-3-4-11-28/h2,5-8,15-19,28H,1,3-4,9-12H2,(H,31,32)/t15?,16-,17-,18-,19?,23?/m0/s1. The van der Waals surface area contributed by atoms with Gasteiger partial charge in [-0.15, -0.1) is 18.3 Å². The zero-order valence-corrected chi connectivity index (χ0v) is 21.1. The Balaban J connectivity index is 1.77. The van der Waals surface area contributed by atoms with Gasteiger partial charge in [0.05, 0.1) is 16.6 Å². The summed E-state index contributed by atoms with van der Waals surface area (Å²) in [5.41, 5.74) is 0.634. The van der Waals surface area contributed by atoms with Gasteiger partial charge in [0.1, 0.15) is 6.04 Å². The molecule has 10 heteroatoms. The maximum Gasteiger partial charge on any atom is 0.308 e. The highest BCUT2D eigenvalue weighted by Gasteiger charge is 2.76. The van der Waals surface area contributed by atoms with Crippen LogP contribution in [0.3, 0.4) is 0 Å². The van der Waals surface area contributed by atoms with E-state index in [1.54, 1.807) is 40.1 Å². The number of hydrogen-bond donors (Lipinski definition) is 2. The molecular formula is C23H26BrClN2O5S. The zero-order valence-electron chi connectivity index (χ0n) is 17.9. The molecule has 0 aromatic heterocycles. The van der Waals surface area contributed by atoms with E-state index in [1.807, 2.05) is 0 Å². The number of benzene rings is 1. The third-order valence-electron chi connectivity index (χ3n) is 6.83. The van der Waals surface area contributed by atoms with E-state index in [1.165, 1.54) is 11.8 Å². The summed E-state index contributed by atoms with van der Waals surface area (Å²) in [5.74, 6) is -3.13. The molecule has 0 saturated carbocycles. The molecule has 2 bridgehead atoms. The Morgan fingerprint density at radius 3 is 2.64 bits per heavy atom. The summed E-state index contributed by atoms with van der Waals surface area (Å²) in [6, 6.07) is 6.09. The molecule has 3 saturated heterocycles. The summed E-state index contributed by atoms with van der Waals surface area (Å²) in [7, 11) is 0. The molecular weight excluding hydrogens is 532 g/mol. The Hall–Kier alpha value is -1.55. The number of alkyl halides is 1. The molecule has 1 aromatic carbocycles. The maximum atomic E-state index is 14.1. The number of carboxylic acids is 1. The summed E-state index contributed by atoms with van der Waals surface area (Å²) in [6.07, 6.45) is 3.19. The van der Waals surface area contributed by atoms with E-state index in [0.717, 1.165) is 0 Å². The zero-order chi connectivity index (χ0) is 23.9. The molecule has 6 atom stereocenters. The summed E-state index contributed by atoms with van der Waals surface area (Å²) in [4.78, 5) is 43.0. The van der Waals surface area contributed by atoms with E-state index in [4.69, 9.17) is 11.6 Å². The number of halogens is 2. The minimum absolute atomic E-state index is 0.0133. The summed E-state index contributed by atoms with van der Waals surface area (Å²) in [5, 5.41) is 19.5. The molecule has 3 aliphatic rings. The quantitative estimate of drug-likeness (QED) is 0.275. The van der Waals surface area contributed by atoms with Crippen LogP contribution in [0.1, 0.15) is 19.3 Å². The lowest BCUT2D eigenvalue weighted by Crippen LogP contribution is -2.55. The van der Waals surface area contributed by atoms with Gasteiger partial charge in [-0.1, -0.05) is 33.6 Å². The molecule has 33 heavy (non-hydrogen) atoms. The monoisotopic (exact) mass is 556 g/mol. The average Bonchev–Trinajstić information content (AvgIpc) is 3.36. The second-order valence-electron chi connectivity index (χ2n) is 8.68. The van der Waals surface area contributed by atoms with Gasteiger partial charge in [0.25, 0.3) is 5.91 Å². The van der Waals surface area contributed by atoms with E-state index in [9.17, 15) is 24.6 Å². The minimum atomic E-state index is -0.999. The van der Waals surface area contributed by atoms with Crippen molar-refractivity contribution in [1.82, 2.24) is 4.90 Å². The Morgan fingerprint density at radius 1 is 1.33 bits per heavy atom. The van der Waals surface area contributed by atoms with Gasteiger partial charge in [-0.3, -0.25) is 14.4 Å². The van der Waals surface area contributed by atoms with Gasteiger partial charge in [0, 0.05) is 40.5 Å². The number of aliphatic carboxylic acids is 1. The van der Waals surface area contributed by atoms with Crippen molar-refractivity contribution >= 4 is 62.8 Å². The van der Waals surface area contributed by atoms with Gasteiger partial charge < -0.3 is 20.0 Å². The van der Waals surface area contributed by atoms with Crippen LogP contribution in [-0.4, -0.2) is 73.5 Å². The molecule has 3 heterocycles. The number of carboxylic acid groups (broad SMARTS) is 1. The van der Waals surface area contributed by atoms with Crippen molar-refractivity contribution in [2.45, 2.75) is 40.1 Å². The van der Waals surface area contributed by atoms with Crippen LogP contribution in [0.4, 0.5) is 5.69 Å². The Kier molecular flexibility index (Phi) is 7.15. The number of hydrogen-bond acceptors (Lipinski definition) is 5. The highest BCUT2D eigenvalue weighted by atomic mass is 79.9. The number of anilines is 1. The van der Waals surface area contributed by atoms with Crippen LogP contribution >= 0.6 is 39.3 Å². The Labute approximate surface area is 210 Å². The Bertz CT molecular complexity index is 963. The van der Waals surface area contributed by atoms with Gasteiger partial charge in [0.15, 0.2) is 0 Å². The number of thioether (sulfide) groups is 1. The smallest absolute Gasteiger partial charge is 0.308 e. The van der Waals surface area contributed by atoms with Crippen LogP contribution in [0.25, 0.3) is 0 Å². The van der Waals surface area contributed by atoms with Gasteiger partial charge in [-0.2, -0.15) is 0 Å². The highest BCUT2D eigenvalue weighted by molar-refractivity contribution is 9.09. The number of aliphatic hydroxyl groups is 1.